The Bertz CT molecular complexity index is 856. The van der Waals surface area contributed by atoms with Gasteiger partial charge in [0, 0.05) is 32.8 Å². The second-order valence-electron chi connectivity index (χ2n) is 5.95. The van der Waals surface area contributed by atoms with Gasteiger partial charge >= 0.3 is 0 Å². The average molecular weight is 354 g/mol. The molecule has 3 aromatic rings. The lowest BCUT2D eigenvalue weighted by Gasteiger charge is -2.11. The highest BCUT2D eigenvalue weighted by molar-refractivity contribution is 5.79. The number of nitrogens with zero attached hydrogens (tertiary/aromatic N) is 4. The summed E-state index contributed by atoms with van der Waals surface area (Å²) in [5.74, 6) is 1.51. The zero-order valence-corrected chi connectivity index (χ0v) is 14.8. The lowest BCUT2D eigenvalue weighted by Crippen LogP contribution is -2.38. The standard InChI is InChI=1S/C19H23FN6/c1-21-19(23-13-11-15-7-9-16(20)10-8-15)22-12-4-6-18-25-24-17-5-2-3-14-26(17)18/h2-3,5,7-10,14H,4,6,11-13H2,1H3,(H2,21,22,23). The molecule has 0 bridgehead atoms. The maximum absolute atomic E-state index is 12.9. The van der Waals surface area contributed by atoms with Gasteiger partial charge in [-0.05, 0) is 42.7 Å². The minimum atomic E-state index is -0.209. The number of benzene rings is 1. The van der Waals surface area contributed by atoms with Crippen molar-refractivity contribution in [3.63, 3.8) is 0 Å². The van der Waals surface area contributed by atoms with Crippen molar-refractivity contribution in [2.45, 2.75) is 19.3 Å². The molecule has 0 atom stereocenters. The molecule has 2 heterocycles. The van der Waals surface area contributed by atoms with E-state index in [0.29, 0.717) is 0 Å². The van der Waals surface area contributed by atoms with Crippen molar-refractivity contribution in [3.05, 3.63) is 65.9 Å². The third-order valence-corrected chi connectivity index (χ3v) is 4.10. The first-order chi connectivity index (χ1) is 12.8. The molecule has 136 valence electrons. The van der Waals surface area contributed by atoms with E-state index in [1.54, 1.807) is 19.2 Å². The fraction of sp³-hybridized carbons (Fsp3) is 0.316. The van der Waals surface area contributed by atoms with Gasteiger partial charge in [0.1, 0.15) is 11.6 Å². The van der Waals surface area contributed by atoms with E-state index in [1.165, 1.54) is 12.1 Å². The Morgan fingerprint density at radius 3 is 2.65 bits per heavy atom. The molecule has 2 N–H and O–H groups in total. The van der Waals surface area contributed by atoms with Gasteiger partial charge in [-0.25, -0.2) is 4.39 Å². The van der Waals surface area contributed by atoms with Crippen LogP contribution in [0.15, 0.2) is 53.7 Å². The highest BCUT2D eigenvalue weighted by Gasteiger charge is 2.04. The molecule has 7 heteroatoms. The van der Waals surface area contributed by atoms with Crippen molar-refractivity contribution in [1.29, 1.82) is 0 Å². The van der Waals surface area contributed by atoms with Crippen molar-refractivity contribution in [2.75, 3.05) is 20.1 Å². The van der Waals surface area contributed by atoms with Crippen LogP contribution in [0.5, 0.6) is 0 Å². The van der Waals surface area contributed by atoms with Gasteiger partial charge in [-0.3, -0.25) is 9.39 Å². The number of halogens is 1. The Labute approximate surface area is 152 Å². The molecule has 0 amide bonds. The number of guanidine groups is 1. The normalized spacial score (nSPS) is 11.7. The molecule has 0 aliphatic heterocycles. The quantitative estimate of drug-likeness (QED) is 0.388. The summed E-state index contributed by atoms with van der Waals surface area (Å²) < 4.78 is 14.9. The van der Waals surface area contributed by atoms with Crippen LogP contribution >= 0.6 is 0 Å². The SMILES string of the molecule is CN=C(NCCCc1nnc2ccccn12)NCCc1ccc(F)cc1. The highest BCUT2D eigenvalue weighted by Crippen LogP contribution is 2.05. The number of aromatic nitrogens is 3. The van der Waals surface area contributed by atoms with Crippen molar-refractivity contribution >= 4 is 11.6 Å². The molecule has 3 rings (SSSR count). The molecule has 0 aliphatic rings. The minimum absolute atomic E-state index is 0.209. The van der Waals surface area contributed by atoms with Gasteiger partial charge in [-0.1, -0.05) is 18.2 Å². The topological polar surface area (TPSA) is 66.6 Å². The Hall–Kier alpha value is -2.96. The Balaban J connectivity index is 1.38. The number of hydrogen-bond acceptors (Lipinski definition) is 3. The van der Waals surface area contributed by atoms with Crippen molar-refractivity contribution in [2.24, 2.45) is 4.99 Å². The molecule has 6 nitrogen and oxygen atoms in total. The summed E-state index contributed by atoms with van der Waals surface area (Å²) in [6, 6.07) is 12.4. The molecule has 0 radical (unpaired) electrons. The molecule has 1 aromatic carbocycles. The zero-order valence-electron chi connectivity index (χ0n) is 14.8. The number of rotatable bonds is 7. The fourth-order valence-corrected chi connectivity index (χ4v) is 2.71. The van der Waals surface area contributed by atoms with E-state index in [1.807, 2.05) is 28.8 Å². The van der Waals surface area contributed by atoms with Crippen LogP contribution in [0.1, 0.15) is 17.8 Å². The fourth-order valence-electron chi connectivity index (χ4n) is 2.71. The van der Waals surface area contributed by atoms with Gasteiger partial charge in [-0.15, -0.1) is 10.2 Å². The second kappa shape index (κ2) is 8.94. The second-order valence-corrected chi connectivity index (χ2v) is 5.95. The van der Waals surface area contributed by atoms with E-state index in [4.69, 9.17) is 0 Å². The van der Waals surface area contributed by atoms with Crippen LogP contribution in [0.3, 0.4) is 0 Å². The zero-order chi connectivity index (χ0) is 18.2. The van der Waals surface area contributed by atoms with Crippen LogP contribution in [0.4, 0.5) is 4.39 Å². The van der Waals surface area contributed by atoms with E-state index < -0.39 is 0 Å². The largest absolute Gasteiger partial charge is 0.356 e. The summed E-state index contributed by atoms with van der Waals surface area (Å²) in [6.07, 6.45) is 4.56. The van der Waals surface area contributed by atoms with Gasteiger partial charge < -0.3 is 10.6 Å². The van der Waals surface area contributed by atoms with E-state index in [2.05, 4.69) is 25.8 Å². The van der Waals surface area contributed by atoms with Crippen molar-refractivity contribution in [3.8, 4) is 0 Å². The molecule has 0 fully saturated rings. The number of nitrogens with one attached hydrogen (secondary N) is 2. The molecule has 2 aromatic heterocycles. The summed E-state index contributed by atoms with van der Waals surface area (Å²) in [4.78, 5) is 4.22. The Morgan fingerprint density at radius 2 is 1.85 bits per heavy atom. The third kappa shape index (κ3) is 4.78. The van der Waals surface area contributed by atoms with Crippen LogP contribution in [-0.2, 0) is 12.8 Å². The Kier molecular flexibility index (Phi) is 6.14. The first-order valence-electron chi connectivity index (χ1n) is 8.74. The van der Waals surface area contributed by atoms with Crippen LogP contribution in [0, 0.1) is 5.82 Å². The number of hydrogen-bond donors (Lipinski definition) is 2. The molecule has 0 unspecified atom stereocenters. The van der Waals surface area contributed by atoms with Crippen LogP contribution < -0.4 is 10.6 Å². The highest BCUT2D eigenvalue weighted by atomic mass is 19.1. The molecule has 0 spiro atoms. The van der Waals surface area contributed by atoms with Gasteiger partial charge in [0.25, 0.3) is 0 Å². The number of aliphatic imine (C=N–C) groups is 1. The first kappa shape index (κ1) is 17.8. The predicted molar refractivity (Wildman–Crippen MR) is 101 cm³/mol. The third-order valence-electron chi connectivity index (χ3n) is 4.10. The summed E-state index contributed by atoms with van der Waals surface area (Å²) in [5.41, 5.74) is 1.96. The summed E-state index contributed by atoms with van der Waals surface area (Å²) in [6.45, 7) is 1.53. The summed E-state index contributed by atoms with van der Waals surface area (Å²) in [7, 11) is 1.75. The lowest BCUT2D eigenvalue weighted by atomic mass is 10.1. The monoisotopic (exact) mass is 354 g/mol. The summed E-state index contributed by atoms with van der Waals surface area (Å²) >= 11 is 0. The smallest absolute Gasteiger partial charge is 0.190 e. The van der Waals surface area contributed by atoms with Gasteiger partial charge in [0.2, 0.25) is 0 Å². The van der Waals surface area contributed by atoms with E-state index in [-0.39, 0.29) is 5.82 Å². The number of fused-ring (bicyclic) bond motifs is 1. The number of pyridine rings is 1. The van der Waals surface area contributed by atoms with Gasteiger partial charge in [-0.2, -0.15) is 0 Å². The molecule has 0 aliphatic carbocycles. The molecular weight excluding hydrogens is 331 g/mol. The minimum Gasteiger partial charge on any atom is -0.356 e. The molecule has 0 saturated carbocycles. The van der Waals surface area contributed by atoms with Gasteiger partial charge in [0.15, 0.2) is 11.6 Å². The maximum Gasteiger partial charge on any atom is 0.190 e. The maximum atomic E-state index is 12.9. The predicted octanol–water partition coefficient (Wildman–Crippen LogP) is 2.21. The Morgan fingerprint density at radius 1 is 1.04 bits per heavy atom. The van der Waals surface area contributed by atoms with Crippen molar-refractivity contribution in [1.82, 2.24) is 25.2 Å². The molecular formula is C19H23FN6. The summed E-state index contributed by atoms with van der Waals surface area (Å²) in [5, 5.41) is 15.0. The number of aryl methyl sites for hydroxylation is 1. The lowest BCUT2D eigenvalue weighted by molar-refractivity contribution is 0.626. The van der Waals surface area contributed by atoms with Crippen LogP contribution in [-0.4, -0.2) is 40.7 Å². The van der Waals surface area contributed by atoms with Crippen LogP contribution in [0.25, 0.3) is 5.65 Å². The van der Waals surface area contributed by atoms with Crippen LogP contribution in [0.2, 0.25) is 0 Å². The van der Waals surface area contributed by atoms with Gasteiger partial charge in [0.05, 0.1) is 0 Å². The van der Waals surface area contributed by atoms with Crippen molar-refractivity contribution < 1.29 is 4.39 Å². The molecule has 26 heavy (non-hydrogen) atoms. The molecule has 0 saturated heterocycles. The van der Waals surface area contributed by atoms with E-state index in [9.17, 15) is 4.39 Å². The first-order valence-corrected chi connectivity index (χ1v) is 8.74. The van der Waals surface area contributed by atoms with E-state index >= 15 is 0 Å². The van der Waals surface area contributed by atoms with E-state index in [0.717, 1.165) is 55.3 Å². The average Bonchev–Trinajstić information content (AvgIpc) is 3.08.